The SMILES string of the molecule is CC[C@H]1[C@@H](CC(=O)NC)[C@@H]2[C@H](CC[C@]3(C)[C@@H]([C@H](C)CCCC(=O)CS(=O)(=O)C4CCCCC4)CC[C@@H]23)[C@@]2(C)CC[C@@H](O)C[C@@H]12. The molecule has 5 saturated carbocycles. The Labute approximate surface area is 268 Å². The number of aliphatic hydroxyl groups is 1. The van der Waals surface area contributed by atoms with Crippen molar-refractivity contribution in [3.8, 4) is 0 Å². The zero-order chi connectivity index (χ0) is 31.9. The van der Waals surface area contributed by atoms with Gasteiger partial charge in [0, 0.05) is 19.9 Å². The first-order chi connectivity index (χ1) is 20.9. The van der Waals surface area contributed by atoms with Crippen molar-refractivity contribution in [3.05, 3.63) is 0 Å². The fraction of sp³-hybridized carbons (Fsp3) is 0.946. The van der Waals surface area contributed by atoms with Gasteiger partial charge in [-0.3, -0.25) is 9.59 Å². The summed E-state index contributed by atoms with van der Waals surface area (Å²) in [7, 11) is -1.55. The second kappa shape index (κ2) is 13.6. The fourth-order valence-corrected chi connectivity index (χ4v) is 14.3. The smallest absolute Gasteiger partial charge is 0.220 e. The highest BCUT2D eigenvalue weighted by Gasteiger charge is 2.65. The minimum Gasteiger partial charge on any atom is -0.393 e. The van der Waals surface area contributed by atoms with Crippen molar-refractivity contribution in [2.75, 3.05) is 12.8 Å². The molecule has 44 heavy (non-hydrogen) atoms. The van der Waals surface area contributed by atoms with Crippen molar-refractivity contribution in [2.24, 2.45) is 58.2 Å². The highest BCUT2D eigenvalue weighted by molar-refractivity contribution is 7.92. The second-order valence-electron chi connectivity index (χ2n) is 16.6. The third kappa shape index (κ3) is 6.45. The van der Waals surface area contributed by atoms with Gasteiger partial charge in [-0.25, -0.2) is 8.42 Å². The van der Waals surface area contributed by atoms with Crippen LogP contribution in [0.4, 0.5) is 0 Å². The van der Waals surface area contributed by atoms with Gasteiger partial charge in [0.1, 0.15) is 11.5 Å². The van der Waals surface area contributed by atoms with Gasteiger partial charge in [-0.05, 0) is 122 Å². The molecule has 0 spiro atoms. The Kier molecular flexibility index (Phi) is 10.7. The average Bonchev–Trinajstić information content (AvgIpc) is 3.35. The van der Waals surface area contributed by atoms with Gasteiger partial charge in [-0.1, -0.05) is 59.8 Å². The van der Waals surface area contributed by atoms with Crippen molar-refractivity contribution in [1.82, 2.24) is 5.32 Å². The first kappa shape index (κ1) is 34.4. The summed E-state index contributed by atoms with van der Waals surface area (Å²) in [6.45, 7) is 9.79. The maximum atomic E-state index is 13.0. The Morgan fingerprint density at radius 1 is 0.909 bits per heavy atom. The summed E-state index contributed by atoms with van der Waals surface area (Å²) in [6, 6.07) is 0. The third-order valence-corrected chi connectivity index (χ3v) is 16.8. The number of sulfone groups is 1. The molecule has 5 aliphatic rings. The lowest BCUT2D eigenvalue weighted by Gasteiger charge is -2.66. The number of fused-ring (bicyclic) bond motifs is 5. The molecule has 0 saturated heterocycles. The number of amides is 1. The van der Waals surface area contributed by atoms with Gasteiger partial charge in [0.25, 0.3) is 0 Å². The number of ketones is 1. The van der Waals surface area contributed by atoms with Crippen LogP contribution in [0.2, 0.25) is 0 Å². The fourth-order valence-electron chi connectivity index (χ4n) is 12.4. The van der Waals surface area contributed by atoms with Crippen molar-refractivity contribution in [1.29, 1.82) is 0 Å². The molecule has 5 fully saturated rings. The third-order valence-electron chi connectivity index (χ3n) is 14.6. The minimum atomic E-state index is -3.32. The van der Waals surface area contributed by atoms with E-state index in [1.165, 1.54) is 25.7 Å². The average molecular weight is 634 g/mol. The van der Waals surface area contributed by atoms with E-state index in [2.05, 4.69) is 33.0 Å². The largest absolute Gasteiger partial charge is 0.393 e. The molecule has 5 aliphatic carbocycles. The molecule has 2 N–H and O–H groups in total. The summed E-state index contributed by atoms with van der Waals surface area (Å²) in [6.07, 6.45) is 15.9. The summed E-state index contributed by atoms with van der Waals surface area (Å²) in [5.41, 5.74) is 0.485. The molecule has 0 radical (unpaired) electrons. The number of carbonyl (C=O) groups excluding carboxylic acids is 2. The van der Waals surface area contributed by atoms with Crippen LogP contribution in [0.3, 0.4) is 0 Å². The van der Waals surface area contributed by atoms with Gasteiger partial charge in [0.2, 0.25) is 5.91 Å². The van der Waals surface area contributed by atoms with E-state index < -0.39 is 9.84 Å². The van der Waals surface area contributed by atoms with Crippen molar-refractivity contribution >= 4 is 21.5 Å². The zero-order valence-electron chi connectivity index (χ0n) is 28.5. The summed E-state index contributed by atoms with van der Waals surface area (Å²) in [5.74, 6) is 4.04. The van der Waals surface area contributed by atoms with E-state index in [0.717, 1.165) is 70.6 Å². The molecule has 0 bridgehead atoms. The van der Waals surface area contributed by atoms with E-state index in [1.807, 2.05) is 0 Å². The van der Waals surface area contributed by atoms with E-state index in [9.17, 15) is 23.1 Å². The maximum absolute atomic E-state index is 13.0. The van der Waals surface area contributed by atoms with Crippen LogP contribution in [0.25, 0.3) is 0 Å². The predicted molar refractivity (Wildman–Crippen MR) is 177 cm³/mol. The lowest BCUT2D eigenvalue weighted by atomic mass is 9.39. The quantitative estimate of drug-likeness (QED) is 0.252. The standard InChI is InChI=1S/C37H63NO5S/c1-6-28-29(22-34(41)38-5)35-31-16-15-30(36(31,3)20-18-32(35)37(4)19-17-25(39)21-33(28)37)24(2)11-10-12-26(40)23-44(42,43)27-13-8-7-9-14-27/h24-25,27-33,35,39H,6-23H2,1-5H3,(H,38,41)/t24-,25-,28+,29-,30-,31+,32+,33+,35+,36-,37-/m1/s1. The highest BCUT2D eigenvalue weighted by atomic mass is 32.2. The molecule has 0 unspecified atom stereocenters. The van der Waals surface area contributed by atoms with Crippen LogP contribution in [0.1, 0.15) is 137 Å². The lowest BCUT2D eigenvalue weighted by molar-refractivity contribution is -0.183. The molecular formula is C37H63NO5S. The molecular weight excluding hydrogens is 570 g/mol. The zero-order valence-corrected chi connectivity index (χ0v) is 29.3. The summed E-state index contributed by atoms with van der Waals surface area (Å²) in [5, 5.41) is 13.4. The number of hydrogen-bond donors (Lipinski definition) is 2. The predicted octanol–water partition coefficient (Wildman–Crippen LogP) is 7.13. The summed E-state index contributed by atoms with van der Waals surface area (Å²) >= 11 is 0. The second-order valence-corrected chi connectivity index (χ2v) is 18.9. The van der Waals surface area contributed by atoms with E-state index in [1.54, 1.807) is 7.05 Å². The van der Waals surface area contributed by atoms with Gasteiger partial charge in [-0.15, -0.1) is 0 Å². The van der Waals surface area contributed by atoms with E-state index in [4.69, 9.17) is 0 Å². The minimum absolute atomic E-state index is 0.0935. The maximum Gasteiger partial charge on any atom is 0.220 e. The summed E-state index contributed by atoms with van der Waals surface area (Å²) < 4.78 is 25.7. The molecule has 0 aromatic heterocycles. The monoisotopic (exact) mass is 633 g/mol. The first-order valence-electron chi connectivity index (χ1n) is 18.5. The number of rotatable bonds is 11. The molecule has 7 heteroatoms. The lowest BCUT2D eigenvalue weighted by Crippen LogP contribution is -2.60. The molecule has 5 rings (SSSR count). The Morgan fingerprint density at radius 2 is 1.59 bits per heavy atom. The normalized spacial score (nSPS) is 41.7. The van der Waals surface area contributed by atoms with Crippen LogP contribution in [-0.4, -0.2) is 49.4 Å². The number of Topliss-reactive ketones (excluding diaryl/α,β-unsaturated/α-hetero) is 1. The van der Waals surface area contributed by atoms with Crippen molar-refractivity contribution in [2.45, 2.75) is 148 Å². The van der Waals surface area contributed by atoms with Crippen molar-refractivity contribution < 1.29 is 23.1 Å². The molecule has 0 heterocycles. The van der Waals surface area contributed by atoms with Crippen LogP contribution >= 0.6 is 0 Å². The van der Waals surface area contributed by atoms with Crippen LogP contribution in [0, 0.1) is 58.2 Å². The first-order valence-corrected chi connectivity index (χ1v) is 20.2. The van der Waals surface area contributed by atoms with Gasteiger partial charge >= 0.3 is 0 Å². The van der Waals surface area contributed by atoms with Crippen LogP contribution in [-0.2, 0) is 19.4 Å². The van der Waals surface area contributed by atoms with Gasteiger partial charge in [-0.2, -0.15) is 0 Å². The molecule has 6 nitrogen and oxygen atoms in total. The number of carbonyl (C=O) groups is 2. The molecule has 0 aliphatic heterocycles. The number of nitrogens with one attached hydrogen (secondary N) is 1. The van der Waals surface area contributed by atoms with Gasteiger partial charge < -0.3 is 10.4 Å². The Balaban J connectivity index is 1.27. The van der Waals surface area contributed by atoms with E-state index in [-0.39, 0.29) is 39.6 Å². The Bertz CT molecular complexity index is 1130. The molecule has 0 aromatic rings. The number of aliphatic hydroxyl groups excluding tert-OH is 1. The molecule has 0 aromatic carbocycles. The van der Waals surface area contributed by atoms with Crippen LogP contribution in [0.15, 0.2) is 0 Å². The Morgan fingerprint density at radius 3 is 2.27 bits per heavy atom. The van der Waals surface area contributed by atoms with Crippen LogP contribution < -0.4 is 5.32 Å². The van der Waals surface area contributed by atoms with Gasteiger partial charge in [0.05, 0.1) is 11.4 Å². The topological polar surface area (TPSA) is 101 Å². The van der Waals surface area contributed by atoms with Gasteiger partial charge in [0.15, 0.2) is 9.84 Å². The number of hydrogen-bond acceptors (Lipinski definition) is 5. The van der Waals surface area contributed by atoms with E-state index >= 15 is 0 Å². The Hall–Kier alpha value is -0.950. The highest BCUT2D eigenvalue weighted by Crippen LogP contribution is 2.71. The van der Waals surface area contributed by atoms with Crippen molar-refractivity contribution in [3.63, 3.8) is 0 Å². The molecule has 1 amide bonds. The molecule has 252 valence electrons. The van der Waals surface area contributed by atoms with Crippen LogP contribution in [0.5, 0.6) is 0 Å². The summed E-state index contributed by atoms with van der Waals surface area (Å²) in [4.78, 5) is 25.8. The molecule has 11 atom stereocenters. The van der Waals surface area contributed by atoms with E-state index in [0.29, 0.717) is 60.2 Å².